The van der Waals surface area contributed by atoms with Crippen LogP contribution >= 0.6 is 11.3 Å². The number of rotatable bonds is 2. The number of amides is 1. The maximum atomic E-state index is 11.9. The van der Waals surface area contributed by atoms with Gasteiger partial charge in [0.1, 0.15) is 0 Å². The van der Waals surface area contributed by atoms with Crippen LogP contribution in [-0.4, -0.2) is 25.0 Å². The van der Waals surface area contributed by atoms with Crippen molar-refractivity contribution in [3.63, 3.8) is 0 Å². The molecule has 1 aromatic rings. The summed E-state index contributed by atoms with van der Waals surface area (Å²) in [6.45, 7) is 6.17. The fourth-order valence-corrected chi connectivity index (χ4v) is 2.75. The molecule has 3 nitrogen and oxygen atoms in total. The molecule has 1 amide bonds. The van der Waals surface area contributed by atoms with Gasteiger partial charge in [0.15, 0.2) is 0 Å². The Bertz CT molecular complexity index is 375. The van der Waals surface area contributed by atoms with Crippen molar-refractivity contribution in [2.45, 2.75) is 26.3 Å². The van der Waals surface area contributed by atoms with E-state index in [2.05, 4.69) is 17.6 Å². The van der Waals surface area contributed by atoms with Crippen LogP contribution in [0.5, 0.6) is 0 Å². The molecule has 1 aliphatic rings. The lowest BCUT2D eigenvalue weighted by Crippen LogP contribution is -2.50. The molecule has 2 N–H and O–H groups in total. The maximum absolute atomic E-state index is 11.9. The molecule has 88 valence electrons. The normalized spacial score (nSPS) is 25.4. The molecular weight excluding hydrogens is 220 g/mol. The number of carbonyl (C=O) groups is 1. The highest BCUT2D eigenvalue weighted by atomic mass is 32.1. The molecule has 2 atom stereocenters. The SMILES string of the molecule is Cc1ccc(C(=O)NC2CNCCC2C)s1. The van der Waals surface area contributed by atoms with E-state index in [1.165, 1.54) is 4.88 Å². The average Bonchev–Trinajstić information content (AvgIpc) is 2.68. The molecule has 16 heavy (non-hydrogen) atoms. The minimum atomic E-state index is 0.0682. The molecular formula is C12H18N2OS. The van der Waals surface area contributed by atoms with Crippen molar-refractivity contribution in [3.05, 3.63) is 21.9 Å². The van der Waals surface area contributed by atoms with Crippen molar-refractivity contribution in [1.82, 2.24) is 10.6 Å². The first-order valence-corrected chi connectivity index (χ1v) is 6.56. The number of piperidine rings is 1. The zero-order chi connectivity index (χ0) is 11.5. The molecule has 2 rings (SSSR count). The number of nitrogens with one attached hydrogen (secondary N) is 2. The van der Waals surface area contributed by atoms with Crippen molar-refractivity contribution < 1.29 is 4.79 Å². The standard InChI is InChI=1S/C12H18N2OS/c1-8-5-6-13-7-10(8)14-12(15)11-4-3-9(2)16-11/h3-4,8,10,13H,5-7H2,1-2H3,(H,14,15). The monoisotopic (exact) mass is 238 g/mol. The molecule has 1 fully saturated rings. The van der Waals surface area contributed by atoms with E-state index >= 15 is 0 Å². The Balaban J connectivity index is 1.96. The van der Waals surface area contributed by atoms with Crippen LogP contribution in [0.2, 0.25) is 0 Å². The number of hydrogen-bond donors (Lipinski definition) is 2. The van der Waals surface area contributed by atoms with Gasteiger partial charge < -0.3 is 10.6 Å². The highest BCUT2D eigenvalue weighted by Gasteiger charge is 2.23. The van der Waals surface area contributed by atoms with E-state index in [4.69, 9.17) is 0 Å². The highest BCUT2D eigenvalue weighted by molar-refractivity contribution is 7.13. The van der Waals surface area contributed by atoms with Crippen LogP contribution < -0.4 is 10.6 Å². The average molecular weight is 238 g/mol. The van der Waals surface area contributed by atoms with Crippen molar-refractivity contribution in [3.8, 4) is 0 Å². The number of hydrogen-bond acceptors (Lipinski definition) is 3. The molecule has 0 radical (unpaired) electrons. The summed E-state index contributed by atoms with van der Waals surface area (Å²) in [4.78, 5) is 13.9. The fraction of sp³-hybridized carbons (Fsp3) is 0.583. The third-order valence-electron chi connectivity index (χ3n) is 3.11. The molecule has 0 bridgehead atoms. The van der Waals surface area contributed by atoms with Gasteiger partial charge >= 0.3 is 0 Å². The molecule has 1 aliphatic heterocycles. The number of thiophene rings is 1. The van der Waals surface area contributed by atoms with Crippen LogP contribution in [0, 0.1) is 12.8 Å². The summed E-state index contributed by atoms with van der Waals surface area (Å²) in [5, 5.41) is 6.42. The Labute approximate surface area is 100 Å². The predicted octanol–water partition coefficient (Wildman–Crippen LogP) is 1.78. The van der Waals surface area contributed by atoms with Crippen molar-refractivity contribution in [2.75, 3.05) is 13.1 Å². The van der Waals surface area contributed by atoms with Gasteiger partial charge in [0.25, 0.3) is 5.91 Å². The van der Waals surface area contributed by atoms with Gasteiger partial charge in [-0.05, 0) is 37.9 Å². The van der Waals surface area contributed by atoms with Gasteiger partial charge in [-0.3, -0.25) is 4.79 Å². The highest BCUT2D eigenvalue weighted by Crippen LogP contribution is 2.16. The van der Waals surface area contributed by atoms with Gasteiger partial charge in [0.2, 0.25) is 0 Å². The summed E-state index contributed by atoms with van der Waals surface area (Å²) >= 11 is 1.55. The summed E-state index contributed by atoms with van der Waals surface area (Å²) in [6, 6.07) is 4.15. The zero-order valence-corrected chi connectivity index (χ0v) is 10.6. The van der Waals surface area contributed by atoms with E-state index in [9.17, 15) is 4.79 Å². The lowest BCUT2D eigenvalue weighted by atomic mass is 9.95. The smallest absolute Gasteiger partial charge is 0.261 e. The van der Waals surface area contributed by atoms with Gasteiger partial charge in [-0.15, -0.1) is 11.3 Å². The third-order valence-corrected chi connectivity index (χ3v) is 4.11. The van der Waals surface area contributed by atoms with Gasteiger partial charge in [0, 0.05) is 17.5 Å². The first-order valence-electron chi connectivity index (χ1n) is 5.75. The second kappa shape index (κ2) is 4.97. The summed E-state index contributed by atoms with van der Waals surface area (Å²) < 4.78 is 0. The quantitative estimate of drug-likeness (QED) is 0.824. The molecule has 0 saturated carbocycles. The lowest BCUT2D eigenvalue weighted by molar-refractivity contribution is 0.0919. The van der Waals surface area contributed by atoms with E-state index < -0.39 is 0 Å². The molecule has 0 aliphatic carbocycles. The molecule has 4 heteroatoms. The minimum Gasteiger partial charge on any atom is -0.347 e. The van der Waals surface area contributed by atoms with E-state index in [1.54, 1.807) is 11.3 Å². The molecule has 2 heterocycles. The first kappa shape index (κ1) is 11.6. The van der Waals surface area contributed by atoms with Crippen molar-refractivity contribution in [2.24, 2.45) is 5.92 Å². The van der Waals surface area contributed by atoms with Crippen LogP contribution in [-0.2, 0) is 0 Å². The molecule has 0 spiro atoms. The topological polar surface area (TPSA) is 41.1 Å². The van der Waals surface area contributed by atoms with Crippen LogP contribution in [0.1, 0.15) is 27.9 Å². The van der Waals surface area contributed by atoms with E-state index in [-0.39, 0.29) is 11.9 Å². The predicted molar refractivity (Wildman–Crippen MR) is 67.0 cm³/mol. The second-order valence-electron chi connectivity index (χ2n) is 4.46. The molecule has 1 saturated heterocycles. The van der Waals surface area contributed by atoms with E-state index in [1.807, 2.05) is 19.1 Å². The van der Waals surface area contributed by atoms with Crippen LogP contribution in [0.3, 0.4) is 0 Å². The Morgan fingerprint density at radius 2 is 2.38 bits per heavy atom. The maximum Gasteiger partial charge on any atom is 0.261 e. The Hall–Kier alpha value is -0.870. The Morgan fingerprint density at radius 3 is 3.00 bits per heavy atom. The van der Waals surface area contributed by atoms with Gasteiger partial charge in [-0.1, -0.05) is 6.92 Å². The lowest BCUT2D eigenvalue weighted by Gasteiger charge is -2.30. The van der Waals surface area contributed by atoms with Crippen LogP contribution in [0.25, 0.3) is 0 Å². The third kappa shape index (κ3) is 2.62. The van der Waals surface area contributed by atoms with Crippen molar-refractivity contribution >= 4 is 17.2 Å². The number of carbonyl (C=O) groups excluding carboxylic acids is 1. The summed E-state index contributed by atoms with van der Waals surface area (Å²) in [5.41, 5.74) is 0. The summed E-state index contributed by atoms with van der Waals surface area (Å²) in [7, 11) is 0. The summed E-state index contributed by atoms with van der Waals surface area (Å²) in [5.74, 6) is 0.630. The van der Waals surface area contributed by atoms with Gasteiger partial charge in [0.05, 0.1) is 4.88 Å². The molecule has 1 aromatic heterocycles. The summed E-state index contributed by atoms with van der Waals surface area (Å²) in [6.07, 6.45) is 1.13. The second-order valence-corrected chi connectivity index (χ2v) is 5.75. The van der Waals surface area contributed by atoms with Gasteiger partial charge in [-0.2, -0.15) is 0 Å². The van der Waals surface area contributed by atoms with Crippen LogP contribution in [0.15, 0.2) is 12.1 Å². The first-order chi connectivity index (χ1) is 7.66. The Kier molecular flexibility index (Phi) is 3.61. The fourth-order valence-electron chi connectivity index (χ4n) is 1.98. The number of aryl methyl sites for hydroxylation is 1. The van der Waals surface area contributed by atoms with Crippen LogP contribution in [0.4, 0.5) is 0 Å². The minimum absolute atomic E-state index is 0.0682. The Morgan fingerprint density at radius 1 is 1.56 bits per heavy atom. The van der Waals surface area contributed by atoms with E-state index in [0.29, 0.717) is 5.92 Å². The van der Waals surface area contributed by atoms with E-state index in [0.717, 1.165) is 24.4 Å². The molecule has 0 aromatic carbocycles. The largest absolute Gasteiger partial charge is 0.347 e. The zero-order valence-electron chi connectivity index (χ0n) is 9.75. The van der Waals surface area contributed by atoms with Gasteiger partial charge in [-0.25, -0.2) is 0 Å². The molecule has 2 unspecified atom stereocenters. The van der Waals surface area contributed by atoms with Crippen molar-refractivity contribution in [1.29, 1.82) is 0 Å².